The zero-order chi connectivity index (χ0) is 35.8. The van der Waals surface area contributed by atoms with E-state index < -0.39 is 27.8 Å². The molecule has 1 saturated heterocycles. The number of nitrogens with zero attached hydrogens (tertiary/aromatic N) is 5. The van der Waals surface area contributed by atoms with Crippen molar-refractivity contribution in [2.24, 2.45) is 0 Å². The molecule has 0 radical (unpaired) electrons. The Bertz CT molecular complexity index is 1750. The third-order valence-electron chi connectivity index (χ3n) is 10.1. The number of hydrogen-bond donors (Lipinski definition) is 1. The Morgan fingerprint density at radius 1 is 0.959 bits per heavy atom. The maximum atomic E-state index is 11.2. The fourth-order valence-corrected chi connectivity index (χ4v) is 7.36. The zero-order valence-corrected chi connectivity index (χ0v) is 32.3. The molecule has 1 aliphatic rings. The highest BCUT2D eigenvalue weighted by Crippen LogP contribution is 2.43. The lowest BCUT2D eigenvalue weighted by Crippen LogP contribution is -2.48. The van der Waals surface area contributed by atoms with E-state index in [0.29, 0.717) is 35.8 Å². The van der Waals surface area contributed by atoms with Gasteiger partial charge in [-0.15, -0.1) is 0 Å². The monoisotopic (exact) mass is 706 g/mol. The van der Waals surface area contributed by atoms with Crippen molar-refractivity contribution in [2.75, 3.05) is 11.9 Å². The van der Waals surface area contributed by atoms with Gasteiger partial charge in [-0.1, -0.05) is 71.9 Å². The highest BCUT2D eigenvalue weighted by atomic mass is 28.4. The first-order chi connectivity index (χ1) is 22.8. The number of non-ortho nitro benzene ring substituents is 1. The molecule has 49 heavy (non-hydrogen) atoms. The molecule has 2 aromatic carbocycles. The molecule has 0 bridgehead atoms. The van der Waals surface area contributed by atoms with Crippen molar-refractivity contribution in [3.8, 4) is 5.88 Å². The second-order valence-electron chi connectivity index (χ2n) is 15.7. The number of ether oxygens (including phenoxy) is 2. The van der Waals surface area contributed by atoms with Crippen LogP contribution in [0, 0.1) is 10.1 Å². The smallest absolute Gasteiger partial charge is 0.269 e. The van der Waals surface area contributed by atoms with Gasteiger partial charge in [0.05, 0.1) is 24.0 Å². The average molecular weight is 707 g/mol. The molecule has 1 aliphatic heterocycles. The Kier molecular flexibility index (Phi) is 10.4. The molecule has 3 heterocycles. The Morgan fingerprint density at radius 3 is 2.22 bits per heavy atom. The molecule has 0 spiro atoms. The normalized spacial score (nSPS) is 18.9. The molecule has 0 saturated carbocycles. The number of benzene rings is 2. The maximum Gasteiger partial charge on any atom is 0.269 e. The van der Waals surface area contributed by atoms with Crippen molar-refractivity contribution in [1.29, 1.82) is 0 Å². The van der Waals surface area contributed by atoms with Crippen LogP contribution in [0.25, 0.3) is 11.2 Å². The van der Waals surface area contributed by atoms with Crippen LogP contribution in [0.5, 0.6) is 5.88 Å². The van der Waals surface area contributed by atoms with E-state index in [4.69, 9.17) is 28.3 Å². The van der Waals surface area contributed by atoms with Gasteiger partial charge in [0.1, 0.15) is 18.9 Å². The minimum Gasteiger partial charge on any atom is -0.471 e. The van der Waals surface area contributed by atoms with Crippen molar-refractivity contribution in [3.05, 3.63) is 76.6 Å². The third kappa shape index (κ3) is 8.37. The Balaban J connectivity index is 1.49. The highest BCUT2D eigenvalue weighted by Gasteiger charge is 2.47. The maximum absolute atomic E-state index is 11.2. The number of nitro groups is 1. The van der Waals surface area contributed by atoms with Gasteiger partial charge in [0.15, 0.2) is 27.8 Å². The van der Waals surface area contributed by atoms with Crippen molar-refractivity contribution in [1.82, 2.24) is 19.5 Å². The summed E-state index contributed by atoms with van der Waals surface area (Å²) in [5.74, 6) is 0.568. The minimum atomic E-state index is -2.15. The second-order valence-corrected chi connectivity index (χ2v) is 25.3. The fourth-order valence-electron chi connectivity index (χ4n) is 4.99. The van der Waals surface area contributed by atoms with Gasteiger partial charge in [-0.2, -0.15) is 9.97 Å². The lowest BCUT2D eigenvalue weighted by Gasteiger charge is -2.40. The first-order valence-electron chi connectivity index (χ1n) is 16.7. The number of nitrogens with one attached hydrogen (secondary N) is 1. The minimum absolute atomic E-state index is 0.00757. The van der Waals surface area contributed by atoms with Gasteiger partial charge in [0, 0.05) is 24.2 Å². The fraction of sp³-hybridized carbons (Fsp3) is 0.514. The van der Waals surface area contributed by atoms with Crippen LogP contribution < -0.4 is 10.1 Å². The number of nitro benzene ring substituents is 1. The summed E-state index contributed by atoms with van der Waals surface area (Å²) in [7, 11) is -4.21. The van der Waals surface area contributed by atoms with Crippen LogP contribution in [0.3, 0.4) is 0 Å². The molecule has 4 aromatic rings. The largest absolute Gasteiger partial charge is 0.471 e. The number of rotatable bonds is 12. The Morgan fingerprint density at radius 2 is 1.61 bits per heavy atom. The van der Waals surface area contributed by atoms with E-state index in [1.54, 1.807) is 18.5 Å². The Hall–Kier alpha value is -3.70. The number of anilines is 2. The van der Waals surface area contributed by atoms with Gasteiger partial charge >= 0.3 is 0 Å². The Labute approximate surface area is 291 Å². The van der Waals surface area contributed by atoms with E-state index in [9.17, 15) is 10.1 Å². The van der Waals surface area contributed by atoms with Crippen LogP contribution in [0.4, 0.5) is 17.3 Å². The predicted molar refractivity (Wildman–Crippen MR) is 196 cm³/mol. The van der Waals surface area contributed by atoms with Crippen molar-refractivity contribution < 1.29 is 23.2 Å². The predicted octanol–water partition coefficient (Wildman–Crippen LogP) is 8.76. The first-order valence-corrected chi connectivity index (χ1v) is 22.6. The van der Waals surface area contributed by atoms with E-state index in [1.807, 2.05) is 34.9 Å². The van der Waals surface area contributed by atoms with E-state index >= 15 is 0 Å². The van der Waals surface area contributed by atoms with Gasteiger partial charge in [-0.05, 0) is 54.0 Å². The van der Waals surface area contributed by atoms with Gasteiger partial charge in [-0.25, -0.2) is 4.98 Å². The zero-order valence-electron chi connectivity index (χ0n) is 30.3. The molecule has 0 unspecified atom stereocenters. The summed E-state index contributed by atoms with van der Waals surface area (Å²) in [5.41, 5.74) is 2.59. The van der Waals surface area contributed by atoms with E-state index in [0.717, 1.165) is 5.56 Å². The topological polar surface area (TPSA) is 136 Å². The summed E-state index contributed by atoms with van der Waals surface area (Å²) in [4.78, 5) is 25.0. The summed E-state index contributed by atoms with van der Waals surface area (Å²) in [6.07, 6.45) is 1.44. The van der Waals surface area contributed by atoms with Gasteiger partial charge in [0.25, 0.3) is 5.69 Å². The van der Waals surface area contributed by atoms with Crippen LogP contribution in [-0.2, 0) is 20.2 Å². The number of fused-ring (bicyclic) bond motifs is 1. The third-order valence-corrected chi connectivity index (χ3v) is 19.1. The quantitative estimate of drug-likeness (QED) is 0.0865. The van der Waals surface area contributed by atoms with Crippen molar-refractivity contribution >= 4 is 45.1 Å². The molecule has 3 atom stereocenters. The highest BCUT2D eigenvalue weighted by molar-refractivity contribution is 6.74. The molecule has 1 N–H and O–H groups in total. The van der Waals surface area contributed by atoms with Gasteiger partial charge in [0.2, 0.25) is 11.8 Å². The molecule has 2 aromatic heterocycles. The number of aromatic nitrogens is 4. The van der Waals surface area contributed by atoms with Gasteiger partial charge in [-0.3, -0.25) is 14.7 Å². The van der Waals surface area contributed by atoms with Crippen LogP contribution >= 0.6 is 0 Å². The van der Waals surface area contributed by atoms with E-state index in [1.165, 1.54) is 12.1 Å². The van der Waals surface area contributed by atoms with E-state index in [2.05, 4.69) is 78.0 Å². The summed E-state index contributed by atoms with van der Waals surface area (Å²) >= 11 is 0. The molecule has 12 nitrogen and oxygen atoms in total. The van der Waals surface area contributed by atoms with Crippen molar-refractivity contribution in [2.45, 2.75) is 109 Å². The lowest BCUT2D eigenvalue weighted by molar-refractivity contribution is -0.384. The second kappa shape index (κ2) is 13.9. The van der Waals surface area contributed by atoms with Gasteiger partial charge < -0.3 is 23.6 Å². The van der Waals surface area contributed by atoms with E-state index in [-0.39, 0.29) is 40.5 Å². The summed E-state index contributed by atoms with van der Waals surface area (Å²) in [6.45, 7) is 23.2. The molecule has 14 heteroatoms. The van der Waals surface area contributed by atoms with Crippen molar-refractivity contribution in [3.63, 3.8) is 0 Å². The molecular formula is C35H50N6O6Si2. The number of hydrogen-bond acceptors (Lipinski definition) is 10. The molecule has 264 valence electrons. The summed E-state index contributed by atoms with van der Waals surface area (Å²) < 4.78 is 28.6. The first kappa shape index (κ1) is 36.6. The van der Waals surface area contributed by atoms with Crippen LogP contribution in [-0.4, -0.2) is 59.9 Å². The molecule has 5 rings (SSSR count). The number of imidazole rings is 1. The molecular weight excluding hydrogens is 657 g/mol. The van der Waals surface area contributed by atoms with Crippen LogP contribution in [0.1, 0.15) is 59.8 Å². The molecule has 0 amide bonds. The SMILES string of the molecule is CC(C)(C)[Si](C)(C)OC[C@H]1O[C@@H](n2cnc3c(OCc4ccccc4)nc(Nc4ccc([N+](=O)[O-])cc4)nc32)C[C@@H]1O[Si](C)(C)C(C)(C)C. The van der Waals surface area contributed by atoms with Crippen LogP contribution in [0.15, 0.2) is 60.9 Å². The molecule has 0 aliphatic carbocycles. The molecule has 1 fully saturated rings. The van der Waals surface area contributed by atoms with Crippen LogP contribution in [0.2, 0.25) is 36.3 Å². The summed E-state index contributed by atoms with van der Waals surface area (Å²) in [6, 6.07) is 15.9. The lowest BCUT2D eigenvalue weighted by atomic mass is 10.2. The summed E-state index contributed by atoms with van der Waals surface area (Å²) in [5, 5.41) is 14.5. The standard InChI is InChI=1S/C35H50N6O6Si2/c1-34(2,3)48(7,8)45-22-28-27(47-49(9,10)35(4,5)6)20-29(46-28)40-23-36-30-31(40)38-33(37-25-16-18-26(19-17-25)41(42)43)39-32(30)44-21-24-14-12-11-13-15-24/h11-19,23,27-29H,20-22H2,1-10H3,(H,37,38,39)/t27-,28+,29+/m0/s1. The average Bonchev–Trinajstić information content (AvgIpc) is 3.62.